The van der Waals surface area contributed by atoms with Gasteiger partial charge in [0.2, 0.25) is 0 Å². The fourth-order valence-electron chi connectivity index (χ4n) is 5.30. The second-order valence-corrected chi connectivity index (χ2v) is 10.8. The maximum atomic E-state index is 13.3. The SMILES string of the molecule is CCOC(=O)C1CCCN(C(=O)c2csc(C3CCN(C(=O)c4cnn(-c5ccccc5)c4C)CC3)n2)C1. The van der Waals surface area contributed by atoms with E-state index < -0.39 is 0 Å². The van der Waals surface area contributed by atoms with Crippen LogP contribution in [0.1, 0.15) is 70.1 Å². The van der Waals surface area contributed by atoms with Crippen molar-refractivity contribution in [3.63, 3.8) is 0 Å². The number of likely N-dealkylation sites (tertiary alicyclic amines) is 2. The van der Waals surface area contributed by atoms with Gasteiger partial charge in [-0.1, -0.05) is 18.2 Å². The van der Waals surface area contributed by atoms with Crippen molar-refractivity contribution >= 4 is 29.1 Å². The molecule has 1 unspecified atom stereocenters. The van der Waals surface area contributed by atoms with Crippen molar-refractivity contribution in [2.75, 3.05) is 32.8 Å². The van der Waals surface area contributed by atoms with Gasteiger partial charge in [-0.05, 0) is 51.7 Å². The first-order valence-corrected chi connectivity index (χ1v) is 14.1. The third kappa shape index (κ3) is 5.36. The van der Waals surface area contributed by atoms with Crippen molar-refractivity contribution in [3.05, 3.63) is 63.9 Å². The minimum Gasteiger partial charge on any atom is -0.466 e. The number of aromatic nitrogens is 3. The van der Waals surface area contributed by atoms with Crippen LogP contribution >= 0.6 is 11.3 Å². The highest BCUT2D eigenvalue weighted by atomic mass is 32.1. The highest BCUT2D eigenvalue weighted by molar-refractivity contribution is 7.09. The summed E-state index contributed by atoms with van der Waals surface area (Å²) >= 11 is 1.51. The summed E-state index contributed by atoms with van der Waals surface area (Å²) in [4.78, 5) is 46.8. The predicted molar refractivity (Wildman–Crippen MR) is 144 cm³/mol. The van der Waals surface area contributed by atoms with E-state index in [9.17, 15) is 14.4 Å². The van der Waals surface area contributed by atoms with Gasteiger partial charge in [0, 0.05) is 37.5 Å². The van der Waals surface area contributed by atoms with Crippen LogP contribution in [0.3, 0.4) is 0 Å². The lowest BCUT2D eigenvalue weighted by atomic mass is 9.97. The van der Waals surface area contributed by atoms with Gasteiger partial charge in [-0.25, -0.2) is 9.67 Å². The van der Waals surface area contributed by atoms with Crippen LogP contribution in [0.25, 0.3) is 5.69 Å². The fourth-order valence-corrected chi connectivity index (χ4v) is 6.26. The summed E-state index contributed by atoms with van der Waals surface area (Å²) in [5.74, 6) is -0.407. The monoisotopic (exact) mass is 535 g/mol. The molecule has 2 aromatic heterocycles. The summed E-state index contributed by atoms with van der Waals surface area (Å²) in [6, 6.07) is 9.79. The van der Waals surface area contributed by atoms with Crippen molar-refractivity contribution in [1.82, 2.24) is 24.6 Å². The number of benzene rings is 1. The van der Waals surface area contributed by atoms with Gasteiger partial charge in [0.1, 0.15) is 5.69 Å². The van der Waals surface area contributed by atoms with Crippen LogP contribution in [0.4, 0.5) is 0 Å². The lowest BCUT2D eigenvalue weighted by molar-refractivity contribution is -0.149. The number of nitrogens with zero attached hydrogens (tertiary/aromatic N) is 5. The Morgan fingerprint density at radius 3 is 2.53 bits per heavy atom. The van der Waals surface area contributed by atoms with E-state index in [1.807, 2.05) is 47.5 Å². The number of hydrogen-bond donors (Lipinski definition) is 0. The van der Waals surface area contributed by atoms with Crippen molar-refractivity contribution in [2.24, 2.45) is 5.92 Å². The summed E-state index contributed by atoms with van der Waals surface area (Å²) in [5.41, 5.74) is 2.82. The summed E-state index contributed by atoms with van der Waals surface area (Å²) < 4.78 is 6.95. The third-order valence-electron chi connectivity index (χ3n) is 7.44. The number of carbonyl (C=O) groups is 3. The molecule has 0 bridgehead atoms. The van der Waals surface area contributed by atoms with Gasteiger partial charge >= 0.3 is 5.97 Å². The Balaban J connectivity index is 1.18. The van der Waals surface area contributed by atoms with Crippen LogP contribution in [-0.4, -0.2) is 75.1 Å². The molecule has 0 radical (unpaired) electrons. The van der Waals surface area contributed by atoms with Crippen LogP contribution in [0.5, 0.6) is 0 Å². The number of piperidine rings is 2. The summed E-state index contributed by atoms with van der Waals surface area (Å²) in [6.45, 7) is 6.34. The van der Waals surface area contributed by atoms with E-state index in [1.54, 1.807) is 22.7 Å². The Morgan fingerprint density at radius 1 is 1.03 bits per heavy atom. The number of ether oxygens (including phenoxy) is 1. The lowest BCUT2D eigenvalue weighted by Gasteiger charge is -2.31. The number of hydrogen-bond acceptors (Lipinski definition) is 7. The quantitative estimate of drug-likeness (QED) is 0.442. The highest BCUT2D eigenvalue weighted by Crippen LogP contribution is 2.32. The summed E-state index contributed by atoms with van der Waals surface area (Å²) in [5, 5.41) is 7.21. The average Bonchev–Trinajstić information content (AvgIpc) is 3.60. The topological polar surface area (TPSA) is 97.6 Å². The molecular weight excluding hydrogens is 502 g/mol. The molecule has 200 valence electrons. The maximum absolute atomic E-state index is 13.3. The molecule has 1 aromatic carbocycles. The largest absolute Gasteiger partial charge is 0.466 e. The number of carbonyl (C=O) groups excluding carboxylic acids is 3. The van der Waals surface area contributed by atoms with Crippen molar-refractivity contribution in [2.45, 2.75) is 45.4 Å². The number of thiazole rings is 1. The molecule has 2 fully saturated rings. The van der Waals surface area contributed by atoms with Crippen molar-refractivity contribution in [1.29, 1.82) is 0 Å². The van der Waals surface area contributed by atoms with E-state index in [2.05, 4.69) is 10.1 Å². The Hall–Kier alpha value is -3.53. The Morgan fingerprint density at radius 2 is 1.79 bits per heavy atom. The molecular formula is C28H33N5O4S. The molecule has 0 saturated carbocycles. The standard InChI is InChI=1S/C28H33N5O4S/c1-3-37-28(36)21-8-7-13-32(17-21)27(35)24-18-38-25(30-24)20-11-14-31(15-12-20)26(34)23-16-29-33(19(23)2)22-9-5-4-6-10-22/h4-6,9-10,16,18,20-21H,3,7-8,11-15,17H2,1-2H3. The molecule has 2 amide bonds. The molecule has 2 aliphatic rings. The van der Waals surface area contributed by atoms with Crippen molar-refractivity contribution < 1.29 is 19.1 Å². The molecule has 2 aliphatic heterocycles. The molecule has 0 aliphatic carbocycles. The molecule has 3 aromatic rings. The smallest absolute Gasteiger partial charge is 0.310 e. The molecule has 38 heavy (non-hydrogen) atoms. The number of para-hydroxylation sites is 1. The third-order valence-corrected chi connectivity index (χ3v) is 8.45. The van der Waals surface area contributed by atoms with Gasteiger partial charge in [-0.2, -0.15) is 5.10 Å². The molecule has 0 N–H and O–H groups in total. The van der Waals surface area contributed by atoms with E-state index in [0.29, 0.717) is 44.0 Å². The zero-order chi connectivity index (χ0) is 26.6. The number of rotatable bonds is 6. The van der Waals surface area contributed by atoms with Gasteiger partial charge in [0.15, 0.2) is 0 Å². The van der Waals surface area contributed by atoms with Gasteiger partial charge in [0.25, 0.3) is 11.8 Å². The van der Waals surface area contributed by atoms with Gasteiger partial charge < -0.3 is 14.5 Å². The second-order valence-electron chi connectivity index (χ2n) is 9.87. The van der Waals surface area contributed by atoms with E-state index >= 15 is 0 Å². The average molecular weight is 536 g/mol. The Labute approximate surface area is 226 Å². The fraction of sp³-hybridized carbons (Fsp3) is 0.464. The minimum absolute atomic E-state index is 0.000566. The zero-order valence-electron chi connectivity index (χ0n) is 21.8. The second kappa shape index (κ2) is 11.5. The molecule has 1 atom stereocenters. The summed E-state index contributed by atoms with van der Waals surface area (Å²) in [6.07, 6.45) is 4.78. The summed E-state index contributed by atoms with van der Waals surface area (Å²) in [7, 11) is 0. The number of amides is 2. The lowest BCUT2D eigenvalue weighted by Crippen LogP contribution is -2.43. The minimum atomic E-state index is -0.268. The van der Waals surface area contributed by atoms with Gasteiger partial charge in [-0.15, -0.1) is 11.3 Å². The molecule has 10 heteroatoms. The molecule has 2 saturated heterocycles. The molecule has 4 heterocycles. The van der Waals surface area contributed by atoms with E-state index in [0.717, 1.165) is 42.1 Å². The first kappa shape index (κ1) is 26.1. The van der Waals surface area contributed by atoms with Crippen LogP contribution in [0.15, 0.2) is 41.9 Å². The molecule has 9 nitrogen and oxygen atoms in total. The van der Waals surface area contributed by atoms with E-state index in [4.69, 9.17) is 4.74 Å². The van der Waals surface area contributed by atoms with Gasteiger partial charge in [-0.3, -0.25) is 14.4 Å². The Kier molecular flexibility index (Phi) is 7.87. The molecule has 5 rings (SSSR count). The highest BCUT2D eigenvalue weighted by Gasteiger charge is 2.32. The molecule has 0 spiro atoms. The van der Waals surface area contributed by atoms with E-state index in [1.165, 1.54) is 11.3 Å². The normalized spacial score (nSPS) is 18.4. The zero-order valence-corrected chi connectivity index (χ0v) is 22.7. The van der Waals surface area contributed by atoms with Crippen molar-refractivity contribution in [3.8, 4) is 5.69 Å². The first-order chi connectivity index (χ1) is 18.5. The maximum Gasteiger partial charge on any atom is 0.310 e. The predicted octanol–water partition coefficient (Wildman–Crippen LogP) is 4.07. The van der Waals surface area contributed by atoms with Crippen LogP contribution in [0.2, 0.25) is 0 Å². The van der Waals surface area contributed by atoms with Gasteiger partial charge in [0.05, 0.1) is 40.7 Å². The first-order valence-electron chi connectivity index (χ1n) is 13.3. The van der Waals surface area contributed by atoms with Crippen LogP contribution in [0, 0.1) is 12.8 Å². The number of esters is 1. The van der Waals surface area contributed by atoms with E-state index in [-0.39, 0.29) is 29.6 Å². The van der Waals surface area contributed by atoms with Crippen LogP contribution < -0.4 is 0 Å². The van der Waals surface area contributed by atoms with Crippen LogP contribution in [-0.2, 0) is 9.53 Å². The Bertz CT molecular complexity index is 1300.